The molecule has 2 aromatic carbocycles. The van der Waals surface area contributed by atoms with Gasteiger partial charge in [0.05, 0.1) is 0 Å². The quantitative estimate of drug-likeness (QED) is 0.689. The summed E-state index contributed by atoms with van der Waals surface area (Å²) in [5, 5.41) is 14.9. The van der Waals surface area contributed by atoms with Gasteiger partial charge in [0.2, 0.25) is 0 Å². The van der Waals surface area contributed by atoms with Crippen LogP contribution in [0.15, 0.2) is 60.7 Å². The van der Waals surface area contributed by atoms with Crippen molar-refractivity contribution in [3.05, 3.63) is 66.2 Å². The molecule has 5 rings (SSSR count). The Morgan fingerprint density at radius 1 is 1.00 bits per heavy atom. The molecule has 5 nitrogen and oxygen atoms in total. The summed E-state index contributed by atoms with van der Waals surface area (Å²) in [6.45, 7) is 3.55. The number of carbonyl (C=O) groups is 1. The Morgan fingerprint density at radius 3 is 2.26 bits per heavy atom. The van der Waals surface area contributed by atoms with Crippen molar-refractivity contribution in [2.24, 2.45) is 17.8 Å². The van der Waals surface area contributed by atoms with Crippen molar-refractivity contribution >= 4 is 5.91 Å². The summed E-state index contributed by atoms with van der Waals surface area (Å²) in [4.78, 5) is 15.8. The molecule has 2 aliphatic carbocycles. The second kappa shape index (κ2) is 8.64. The maximum Gasteiger partial charge on any atom is 0.257 e. The lowest BCUT2D eigenvalue weighted by atomic mass is 9.79. The van der Waals surface area contributed by atoms with Crippen LogP contribution in [0, 0.1) is 17.8 Å². The Kier molecular flexibility index (Phi) is 5.72. The van der Waals surface area contributed by atoms with Crippen LogP contribution in [0.4, 0.5) is 0 Å². The molecular formula is C26H32N2O3. The number of hydrogen-bond acceptors (Lipinski definition) is 4. The van der Waals surface area contributed by atoms with E-state index < -0.39 is 5.60 Å². The van der Waals surface area contributed by atoms with Crippen LogP contribution in [0.25, 0.3) is 0 Å². The van der Waals surface area contributed by atoms with E-state index in [1.807, 2.05) is 60.7 Å². The zero-order chi connectivity index (χ0) is 21.3. The first-order chi connectivity index (χ1) is 15.2. The minimum atomic E-state index is -1.42. The molecule has 1 saturated heterocycles. The maximum absolute atomic E-state index is 13.3. The number of likely N-dealkylation sites (tertiary alicyclic amines) is 1. The minimum absolute atomic E-state index is 0.000115. The van der Waals surface area contributed by atoms with E-state index in [1.54, 1.807) is 0 Å². The number of hydrogen-bond donors (Lipinski definition) is 2. The van der Waals surface area contributed by atoms with Crippen LogP contribution in [0.3, 0.4) is 0 Å². The summed E-state index contributed by atoms with van der Waals surface area (Å²) in [5.74, 6) is 1.68. The monoisotopic (exact) mass is 420 g/mol. The van der Waals surface area contributed by atoms with Gasteiger partial charge < -0.3 is 15.2 Å². The molecule has 0 aromatic heterocycles. The summed E-state index contributed by atoms with van der Waals surface area (Å²) < 4.78 is 5.82. The Morgan fingerprint density at radius 2 is 1.61 bits per heavy atom. The number of benzene rings is 2. The second-order valence-electron chi connectivity index (χ2n) is 9.36. The molecule has 0 radical (unpaired) electrons. The lowest BCUT2D eigenvalue weighted by Gasteiger charge is -2.33. The normalized spacial score (nSPS) is 27.5. The molecule has 1 heterocycles. The van der Waals surface area contributed by atoms with Gasteiger partial charge in [-0.05, 0) is 42.4 Å². The van der Waals surface area contributed by atoms with Crippen LogP contribution in [0.2, 0.25) is 0 Å². The number of ether oxygens (including phenoxy) is 1. The van der Waals surface area contributed by atoms with Crippen molar-refractivity contribution in [1.82, 2.24) is 10.2 Å². The molecule has 0 bridgehead atoms. The number of para-hydroxylation sites is 1. The standard InChI is InChI=1S/C26H32N2O3/c29-25(26(30,20-11-7-8-12-20)19-9-3-1-4-10-19)27-24-22-17-28(18-23(22)24)15-16-31-21-13-5-2-6-14-21/h1-6,9-10,13-14,20,22-24,30H,7-8,11-12,15-18H2,(H,27,29)/t22-,23?,24+,26?/m0/s1. The third-order valence-electron chi connectivity index (χ3n) is 7.49. The summed E-state index contributed by atoms with van der Waals surface area (Å²) in [5.41, 5.74) is -0.692. The molecule has 1 aliphatic heterocycles. The molecule has 2 unspecified atom stereocenters. The fourth-order valence-electron chi connectivity index (χ4n) is 5.67. The zero-order valence-corrected chi connectivity index (χ0v) is 18.0. The van der Waals surface area contributed by atoms with Crippen LogP contribution in [0.1, 0.15) is 31.2 Å². The van der Waals surface area contributed by atoms with Crippen LogP contribution in [0.5, 0.6) is 5.75 Å². The average molecular weight is 421 g/mol. The number of rotatable bonds is 8. The van der Waals surface area contributed by atoms with Crippen LogP contribution in [-0.2, 0) is 10.4 Å². The van der Waals surface area contributed by atoms with Crippen LogP contribution in [-0.4, -0.2) is 48.2 Å². The summed E-state index contributed by atoms with van der Waals surface area (Å²) in [6.07, 6.45) is 3.99. The van der Waals surface area contributed by atoms with Crippen molar-refractivity contribution in [1.29, 1.82) is 0 Å². The van der Waals surface area contributed by atoms with Gasteiger partial charge in [-0.15, -0.1) is 0 Å². The van der Waals surface area contributed by atoms with Gasteiger partial charge in [-0.3, -0.25) is 9.69 Å². The number of carbonyl (C=O) groups excluding carboxylic acids is 1. The average Bonchev–Trinajstić information content (AvgIpc) is 3.22. The molecule has 2 saturated carbocycles. The Labute approximate surface area is 184 Å². The molecule has 1 amide bonds. The van der Waals surface area contributed by atoms with Crippen LogP contribution < -0.4 is 10.1 Å². The predicted octanol–water partition coefficient (Wildman–Crippen LogP) is 3.19. The number of aliphatic hydroxyl groups is 1. The molecule has 31 heavy (non-hydrogen) atoms. The first-order valence-corrected chi connectivity index (χ1v) is 11.7. The molecule has 2 N–H and O–H groups in total. The SMILES string of the molecule is O=C(N[C@H]1C2CN(CCOc3ccccc3)C[C@@H]21)C(O)(c1ccccc1)C1CCCC1. The lowest BCUT2D eigenvalue weighted by molar-refractivity contribution is -0.147. The van der Waals surface area contributed by atoms with E-state index in [0.717, 1.165) is 56.6 Å². The highest BCUT2D eigenvalue weighted by atomic mass is 16.5. The molecule has 164 valence electrons. The number of fused-ring (bicyclic) bond motifs is 1. The van der Waals surface area contributed by atoms with Gasteiger partial charge in [0, 0.05) is 31.6 Å². The van der Waals surface area contributed by atoms with Gasteiger partial charge in [-0.25, -0.2) is 0 Å². The predicted molar refractivity (Wildman–Crippen MR) is 120 cm³/mol. The van der Waals surface area contributed by atoms with E-state index in [4.69, 9.17) is 4.74 Å². The first kappa shape index (κ1) is 20.5. The van der Waals surface area contributed by atoms with E-state index in [2.05, 4.69) is 10.2 Å². The largest absolute Gasteiger partial charge is 0.492 e. The second-order valence-corrected chi connectivity index (χ2v) is 9.36. The molecule has 4 atom stereocenters. The topological polar surface area (TPSA) is 61.8 Å². The zero-order valence-electron chi connectivity index (χ0n) is 18.0. The van der Waals surface area contributed by atoms with Gasteiger partial charge in [0.25, 0.3) is 5.91 Å². The number of nitrogens with zero attached hydrogens (tertiary/aromatic N) is 1. The van der Waals surface area contributed by atoms with Crippen molar-refractivity contribution in [2.75, 3.05) is 26.2 Å². The number of amides is 1. The number of nitrogens with one attached hydrogen (secondary N) is 1. The smallest absolute Gasteiger partial charge is 0.257 e. The first-order valence-electron chi connectivity index (χ1n) is 11.7. The van der Waals surface area contributed by atoms with Crippen molar-refractivity contribution < 1.29 is 14.6 Å². The van der Waals surface area contributed by atoms with E-state index in [9.17, 15) is 9.90 Å². The van der Waals surface area contributed by atoms with Crippen molar-refractivity contribution in [2.45, 2.75) is 37.3 Å². The molecule has 2 aromatic rings. The van der Waals surface area contributed by atoms with Crippen molar-refractivity contribution in [3.63, 3.8) is 0 Å². The summed E-state index contributed by atoms with van der Waals surface area (Å²) in [7, 11) is 0. The highest BCUT2D eigenvalue weighted by Crippen LogP contribution is 2.47. The lowest BCUT2D eigenvalue weighted by Crippen LogP contribution is -2.51. The van der Waals surface area contributed by atoms with Gasteiger partial charge in [-0.1, -0.05) is 61.4 Å². The Bertz CT molecular complexity index is 872. The molecule has 3 aliphatic rings. The maximum atomic E-state index is 13.3. The molecule has 3 fully saturated rings. The van der Waals surface area contributed by atoms with E-state index in [1.165, 1.54) is 0 Å². The van der Waals surface area contributed by atoms with Gasteiger partial charge in [-0.2, -0.15) is 0 Å². The highest BCUT2D eigenvalue weighted by Gasteiger charge is 2.58. The fourth-order valence-corrected chi connectivity index (χ4v) is 5.67. The summed E-state index contributed by atoms with van der Waals surface area (Å²) in [6, 6.07) is 19.6. The third kappa shape index (κ3) is 4.09. The van der Waals surface area contributed by atoms with E-state index in [-0.39, 0.29) is 17.9 Å². The van der Waals surface area contributed by atoms with E-state index in [0.29, 0.717) is 18.4 Å². The van der Waals surface area contributed by atoms with Gasteiger partial charge in [0.15, 0.2) is 5.60 Å². The Balaban J connectivity index is 1.15. The third-order valence-corrected chi connectivity index (χ3v) is 7.49. The molecule has 0 spiro atoms. The molecule has 5 heteroatoms. The minimum Gasteiger partial charge on any atom is -0.492 e. The highest BCUT2D eigenvalue weighted by molar-refractivity contribution is 5.87. The van der Waals surface area contributed by atoms with Crippen molar-refractivity contribution in [3.8, 4) is 5.75 Å². The Hall–Kier alpha value is -2.37. The molecular weight excluding hydrogens is 388 g/mol. The fraction of sp³-hybridized carbons (Fsp3) is 0.500. The summed E-state index contributed by atoms with van der Waals surface area (Å²) >= 11 is 0. The van der Waals surface area contributed by atoms with E-state index >= 15 is 0 Å². The van der Waals surface area contributed by atoms with Crippen LogP contribution >= 0.6 is 0 Å². The van der Waals surface area contributed by atoms with Gasteiger partial charge >= 0.3 is 0 Å². The number of piperidine rings is 1. The van der Waals surface area contributed by atoms with Gasteiger partial charge in [0.1, 0.15) is 12.4 Å².